The molecule has 0 aliphatic heterocycles. The minimum absolute atomic E-state index is 0.698. The third-order valence-electron chi connectivity index (χ3n) is 8.15. The average Bonchev–Trinajstić information content (AvgIpc) is 3.62. The van der Waals surface area contributed by atoms with Gasteiger partial charge in [0.2, 0.25) is 0 Å². The van der Waals surface area contributed by atoms with E-state index in [1.165, 1.54) is 5.39 Å². The molecule has 0 spiro atoms. The number of fused-ring (bicyclic) bond motifs is 7. The minimum Gasteiger partial charge on any atom is -0.456 e. The van der Waals surface area contributed by atoms with E-state index < -0.39 is 0 Å². The molecule has 5 aromatic carbocycles. The van der Waals surface area contributed by atoms with Crippen LogP contribution in [0.25, 0.3) is 65.8 Å². The van der Waals surface area contributed by atoms with E-state index in [2.05, 4.69) is 77.7 Å². The molecule has 0 unspecified atom stereocenters. The number of rotatable bonds is 4. The third-order valence-corrected chi connectivity index (χ3v) is 8.15. The van der Waals surface area contributed by atoms with Gasteiger partial charge in [-0.3, -0.25) is 4.90 Å². The van der Waals surface area contributed by atoms with Gasteiger partial charge in [0.25, 0.3) is 0 Å². The highest BCUT2D eigenvalue weighted by molar-refractivity contribution is 6.07. The van der Waals surface area contributed by atoms with Crippen molar-refractivity contribution < 1.29 is 8.83 Å². The van der Waals surface area contributed by atoms with E-state index in [1.807, 2.05) is 67.0 Å². The van der Waals surface area contributed by atoms with Crippen molar-refractivity contribution in [3.05, 3.63) is 140 Å². The van der Waals surface area contributed by atoms with Gasteiger partial charge < -0.3 is 8.83 Å². The highest BCUT2D eigenvalue weighted by atomic mass is 16.3. The fourth-order valence-corrected chi connectivity index (χ4v) is 6.13. The topological polar surface area (TPSA) is 55.3 Å². The molecule has 0 saturated carbocycles. The summed E-state index contributed by atoms with van der Waals surface area (Å²) >= 11 is 0. The second-order valence-electron chi connectivity index (χ2n) is 10.7. The maximum absolute atomic E-state index is 6.28. The molecule has 0 fully saturated rings. The molecule has 202 valence electrons. The number of nitrogens with zero attached hydrogens (tertiary/aromatic N) is 3. The van der Waals surface area contributed by atoms with Crippen LogP contribution in [0.2, 0.25) is 0 Å². The van der Waals surface area contributed by atoms with Crippen LogP contribution in [0.15, 0.2) is 149 Å². The fraction of sp³-hybridized carbons (Fsp3) is 0. The number of benzene rings is 5. The summed E-state index contributed by atoms with van der Waals surface area (Å²) in [5, 5.41) is 6.34. The molecule has 0 N–H and O–H groups in total. The Kier molecular flexibility index (Phi) is 5.13. The highest BCUT2D eigenvalue weighted by Gasteiger charge is 2.21. The van der Waals surface area contributed by atoms with Crippen LogP contribution in [0.4, 0.5) is 17.3 Å². The first-order valence-electron chi connectivity index (χ1n) is 14.2. The van der Waals surface area contributed by atoms with Gasteiger partial charge in [-0.05, 0) is 46.2 Å². The Bertz CT molecular complexity index is 2360. The summed E-state index contributed by atoms with van der Waals surface area (Å²) in [6.45, 7) is 0. The monoisotopic (exact) mass is 553 g/mol. The summed E-state index contributed by atoms with van der Waals surface area (Å²) in [6.07, 6.45) is 3.78. The molecule has 4 aromatic heterocycles. The van der Waals surface area contributed by atoms with Gasteiger partial charge >= 0.3 is 0 Å². The van der Waals surface area contributed by atoms with Crippen molar-refractivity contribution in [2.45, 2.75) is 0 Å². The fourth-order valence-electron chi connectivity index (χ4n) is 6.13. The van der Waals surface area contributed by atoms with Gasteiger partial charge in [-0.1, -0.05) is 91.0 Å². The number of aromatic nitrogens is 2. The first-order valence-corrected chi connectivity index (χ1v) is 14.2. The van der Waals surface area contributed by atoms with Crippen molar-refractivity contribution in [2.75, 3.05) is 4.90 Å². The maximum Gasteiger partial charge on any atom is 0.142 e. The summed E-state index contributed by atoms with van der Waals surface area (Å²) in [4.78, 5) is 12.0. The zero-order chi connectivity index (χ0) is 28.3. The third kappa shape index (κ3) is 3.79. The lowest BCUT2D eigenvalue weighted by Crippen LogP contribution is -2.13. The number of furan rings is 2. The SMILES string of the molecule is c1ccc(-c2cc(N(c3cc4oc5ccccc5c4cn3)c3cc4oc5ccccc5c4cn3)cc3ccccc23)cc1. The van der Waals surface area contributed by atoms with Crippen LogP contribution in [0.5, 0.6) is 0 Å². The van der Waals surface area contributed by atoms with Crippen molar-refractivity contribution in [3.8, 4) is 11.1 Å². The van der Waals surface area contributed by atoms with Gasteiger partial charge in [-0.25, -0.2) is 9.97 Å². The Morgan fingerprint density at radius 3 is 1.60 bits per heavy atom. The predicted molar refractivity (Wildman–Crippen MR) is 174 cm³/mol. The van der Waals surface area contributed by atoms with Crippen LogP contribution in [0, 0.1) is 0 Å². The van der Waals surface area contributed by atoms with Gasteiger partial charge in [0.05, 0.1) is 5.69 Å². The molecular formula is C38H23N3O2. The molecule has 9 rings (SSSR count). The molecule has 0 radical (unpaired) electrons. The van der Waals surface area contributed by atoms with E-state index >= 15 is 0 Å². The molecular weight excluding hydrogens is 530 g/mol. The van der Waals surface area contributed by atoms with E-state index in [9.17, 15) is 0 Å². The van der Waals surface area contributed by atoms with Crippen LogP contribution >= 0.6 is 0 Å². The second kappa shape index (κ2) is 9.29. The van der Waals surface area contributed by atoms with Crippen LogP contribution in [0.1, 0.15) is 0 Å². The van der Waals surface area contributed by atoms with Crippen molar-refractivity contribution in [3.63, 3.8) is 0 Å². The zero-order valence-electron chi connectivity index (χ0n) is 22.9. The van der Waals surface area contributed by atoms with Gasteiger partial charge in [-0.15, -0.1) is 0 Å². The van der Waals surface area contributed by atoms with E-state index in [0.717, 1.165) is 66.1 Å². The first-order chi connectivity index (χ1) is 21.3. The van der Waals surface area contributed by atoms with E-state index in [1.54, 1.807) is 0 Å². The van der Waals surface area contributed by atoms with Crippen molar-refractivity contribution >= 4 is 72.0 Å². The van der Waals surface area contributed by atoms with Crippen LogP contribution < -0.4 is 4.90 Å². The molecule has 43 heavy (non-hydrogen) atoms. The molecule has 0 saturated heterocycles. The molecule has 5 heteroatoms. The largest absolute Gasteiger partial charge is 0.456 e. The van der Waals surface area contributed by atoms with Gasteiger partial charge in [0, 0.05) is 46.1 Å². The van der Waals surface area contributed by atoms with E-state index in [-0.39, 0.29) is 0 Å². The van der Waals surface area contributed by atoms with Crippen LogP contribution in [-0.4, -0.2) is 9.97 Å². The Labute approximate surface area is 246 Å². The lowest BCUT2D eigenvalue weighted by Gasteiger charge is -2.24. The Balaban J connectivity index is 1.32. The quantitative estimate of drug-likeness (QED) is 0.217. The molecule has 0 bridgehead atoms. The average molecular weight is 554 g/mol. The number of pyridine rings is 2. The summed E-state index contributed by atoms with van der Waals surface area (Å²) in [7, 11) is 0. The summed E-state index contributed by atoms with van der Waals surface area (Å²) < 4.78 is 12.6. The van der Waals surface area contributed by atoms with Crippen LogP contribution in [0.3, 0.4) is 0 Å². The molecule has 5 nitrogen and oxygen atoms in total. The molecule has 0 atom stereocenters. The molecule has 0 aliphatic rings. The molecule has 0 aliphatic carbocycles. The normalized spacial score (nSPS) is 11.7. The van der Waals surface area contributed by atoms with E-state index in [0.29, 0.717) is 11.6 Å². The molecule has 4 heterocycles. The van der Waals surface area contributed by atoms with Crippen molar-refractivity contribution in [1.82, 2.24) is 9.97 Å². The summed E-state index contributed by atoms with van der Waals surface area (Å²) in [5.74, 6) is 1.40. The molecule has 0 amide bonds. The van der Waals surface area contributed by atoms with Gasteiger partial charge in [-0.2, -0.15) is 0 Å². The number of anilines is 3. The Hall–Kier alpha value is -5.94. The van der Waals surface area contributed by atoms with Crippen LogP contribution in [-0.2, 0) is 0 Å². The standard InChI is InChI=1S/C38H23N3O2/c1-2-10-24(11-3-1)30-19-26(18-25-12-4-5-13-27(25)30)41(37-20-35-31(22-39-37)28-14-6-8-16-33(28)42-35)38-21-36-32(23-40-38)29-15-7-9-17-34(29)43-36/h1-23H. The lowest BCUT2D eigenvalue weighted by molar-refractivity contribution is 0.668. The Morgan fingerprint density at radius 2 is 0.977 bits per heavy atom. The van der Waals surface area contributed by atoms with E-state index in [4.69, 9.17) is 18.8 Å². The lowest BCUT2D eigenvalue weighted by atomic mass is 9.97. The smallest absolute Gasteiger partial charge is 0.142 e. The number of para-hydroxylation sites is 2. The predicted octanol–water partition coefficient (Wildman–Crippen LogP) is 10.6. The van der Waals surface area contributed by atoms with Crippen molar-refractivity contribution in [2.24, 2.45) is 0 Å². The maximum atomic E-state index is 6.28. The number of hydrogen-bond donors (Lipinski definition) is 0. The zero-order valence-corrected chi connectivity index (χ0v) is 22.9. The Morgan fingerprint density at radius 1 is 0.442 bits per heavy atom. The number of hydrogen-bond acceptors (Lipinski definition) is 5. The van der Waals surface area contributed by atoms with Gasteiger partial charge in [0.1, 0.15) is 34.0 Å². The summed E-state index contributed by atoms with van der Waals surface area (Å²) in [6, 6.07) is 43.5. The summed E-state index contributed by atoms with van der Waals surface area (Å²) in [5.41, 5.74) is 6.41. The first kappa shape index (κ1) is 23.7. The van der Waals surface area contributed by atoms with Gasteiger partial charge in [0.15, 0.2) is 0 Å². The van der Waals surface area contributed by atoms with Crippen molar-refractivity contribution in [1.29, 1.82) is 0 Å². The minimum atomic E-state index is 0.698. The molecule has 9 aromatic rings. The highest BCUT2D eigenvalue weighted by Crippen LogP contribution is 2.41. The second-order valence-corrected chi connectivity index (χ2v) is 10.7.